The van der Waals surface area contributed by atoms with Crippen LogP contribution in [-0.2, 0) is 19.2 Å². The van der Waals surface area contributed by atoms with Gasteiger partial charge in [0.2, 0.25) is 17.7 Å². The number of likely N-dealkylation sites (tertiary alicyclic amines) is 1. The largest absolute Gasteiger partial charge is 0.480 e. The third kappa shape index (κ3) is 6.08. The lowest BCUT2D eigenvalue weighted by Gasteiger charge is -2.29. The van der Waals surface area contributed by atoms with E-state index in [1.165, 1.54) is 4.90 Å². The zero-order valence-electron chi connectivity index (χ0n) is 15.4. The molecule has 0 bridgehead atoms. The number of aliphatic hydroxyl groups is 1. The first-order valence-corrected chi connectivity index (χ1v) is 9.38. The highest BCUT2D eigenvalue weighted by atomic mass is 32.1. The topological polar surface area (TPSA) is 162 Å². The Labute approximate surface area is 163 Å². The molecule has 1 fully saturated rings. The summed E-state index contributed by atoms with van der Waals surface area (Å²) in [6, 6.07) is -4.08. The van der Waals surface area contributed by atoms with Crippen LogP contribution in [-0.4, -0.2) is 81.9 Å². The minimum Gasteiger partial charge on any atom is -0.480 e. The molecule has 0 saturated carbocycles. The van der Waals surface area contributed by atoms with Crippen LogP contribution in [0.4, 0.5) is 0 Å². The molecule has 1 heterocycles. The number of carbonyl (C=O) groups excluding carboxylic acids is 3. The van der Waals surface area contributed by atoms with Crippen molar-refractivity contribution >= 4 is 36.3 Å². The maximum atomic E-state index is 12.7. The Bertz CT molecular complexity index is 573. The second-order valence-electron chi connectivity index (χ2n) is 6.79. The van der Waals surface area contributed by atoms with Crippen molar-refractivity contribution in [3.8, 4) is 0 Å². The standard InChI is InChI=1S/C16H28N4O6S/c1-8(2)12(19-13(22)9(17)6-21)14(23)18-10(7-27)15(24)20-5-3-4-11(20)16(25)26/h8-12,21,27H,3-7,17H2,1-2H3,(H,18,23)(H,19,22)(H,25,26). The fraction of sp³-hybridized carbons (Fsp3) is 0.750. The molecule has 154 valence electrons. The maximum absolute atomic E-state index is 12.7. The van der Waals surface area contributed by atoms with E-state index < -0.39 is 54.5 Å². The number of thiol groups is 1. The Morgan fingerprint density at radius 1 is 1.22 bits per heavy atom. The molecule has 3 amide bonds. The summed E-state index contributed by atoms with van der Waals surface area (Å²) < 4.78 is 0. The summed E-state index contributed by atoms with van der Waals surface area (Å²) in [6.45, 7) is 3.13. The van der Waals surface area contributed by atoms with Gasteiger partial charge in [-0.05, 0) is 18.8 Å². The third-order valence-electron chi connectivity index (χ3n) is 4.40. The van der Waals surface area contributed by atoms with Gasteiger partial charge < -0.3 is 31.5 Å². The molecule has 0 aromatic rings. The quantitative estimate of drug-likeness (QED) is 0.241. The molecule has 11 heteroatoms. The molecule has 10 nitrogen and oxygen atoms in total. The molecular weight excluding hydrogens is 376 g/mol. The van der Waals surface area contributed by atoms with Gasteiger partial charge in [0.05, 0.1) is 6.61 Å². The molecule has 6 N–H and O–H groups in total. The van der Waals surface area contributed by atoms with Crippen LogP contribution in [0.25, 0.3) is 0 Å². The van der Waals surface area contributed by atoms with Gasteiger partial charge in [0, 0.05) is 12.3 Å². The van der Waals surface area contributed by atoms with Gasteiger partial charge in [-0.3, -0.25) is 14.4 Å². The van der Waals surface area contributed by atoms with Crippen molar-refractivity contribution in [1.29, 1.82) is 0 Å². The van der Waals surface area contributed by atoms with Crippen LogP contribution in [0.15, 0.2) is 0 Å². The van der Waals surface area contributed by atoms with Crippen molar-refractivity contribution in [2.45, 2.75) is 50.9 Å². The lowest BCUT2D eigenvalue weighted by atomic mass is 10.0. The van der Waals surface area contributed by atoms with E-state index in [9.17, 15) is 24.3 Å². The Balaban J connectivity index is 2.83. The number of aliphatic carboxylic acids is 1. The van der Waals surface area contributed by atoms with Crippen molar-refractivity contribution in [1.82, 2.24) is 15.5 Å². The Morgan fingerprint density at radius 3 is 2.33 bits per heavy atom. The van der Waals surface area contributed by atoms with E-state index in [1.807, 2.05) is 0 Å². The smallest absolute Gasteiger partial charge is 0.326 e. The summed E-state index contributed by atoms with van der Waals surface area (Å²) in [7, 11) is 0. The van der Waals surface area contributed by atoms with Gasteiger partial charge in [0.15, 0.2) is 0 Å². The minimum atomic E-state index is -1.16. The molecular formula is C16H28N4O6S. The molecule has 0 radical (unpaired) electrons. The third-order valence-corrected chi connectivity index (χ3v) is 4.76. The van der Waals surface area contributed by atoms with Gasteiger partial charge in [-0.25, -0.2) is 4.79 Å². The van der Waals surface area contributed by atoms with Crippen LogP contribution < -0.4 is 16.4 Å². The summed E-state index contributed by atoms with van der Waals surface area (Å²) in [4.78, 5) is 49.6. The number of carbonyl (C=O) groups is 4. The van der Waals surface area contributed by atoms with Gasteiger partial charge in [0.25, 0.3) is 0 Å². The summed E-state index contributed by atoms with van der Waals surface area (Å²) >= 11 is 4.09. The molecule has 0 aliphatic carbocycles. The molecule has 27 heavy (non-hydrogen) atoms. The molecule has 4 unspecified atom stereocenters. The normalized spacial score (nSPS) is 20.1. The number of hydrogen-bond acceptors (Lipinski definition) is 7. The zero-order chi connectivity index (χ0) is 20.7. The summed E-state index contributed by atoms with van der Waals surface area (Å²) in [5, 5.41) is 23.2. The zero-order valence-corrected chi connectivity index (χ0v) is 16.3. The monoisotopic (exact) mass is 404 g/mol. The highest BCUT2D eigenvalue weighted by molar-refractivity contribution is 7.80. The SMILES string of the molecule is CC(C)C(NC(=O)C(N)CO)C(=O)NC(CS)C(=O)N1CCCC1C(=O)O. The summed E-state index contributed by atoms with van der Waals surface area (Å²) in [6.07, 6.45) is 0.928. The first kappa shape index (κ1) is 23.2. The fourth-order valence-electron chi connectivity index (χ4n) is 2.81. The Morgan fingerprint density at radius 2 is 1.85 bits per heavy atom. The van der Waals surface area contributed by atoms with Gasteiger partial charge in [-0.2, -0.15) is 12.6 Å². The number of nitrogens with one attached hydrogen (secondary N) is 2. The number of aliphatic hydroxyl groups excluding tert-OH is 1. The predicted octanol–water partition coefficient (Wildman–Crippen LogP) is -2.06. The van der Waals surface area contributed by atoms with E-state index >= 15 is 0 Å². The lowest BCUT2D eigenvalue weighted by molar-refractivity contribution is -0.149. The lowest BCUT2D eigenvalue weighted by Crippen LogP contribution is -2.59. The van der Waals surface area contributed by atoms with Gasteiger partial charge in [0.1, 0.15) is 24.2 Å². The van der Waals surface area contributed by atoms with Crippen molar-refractivity contribution < 1.29 is 29.4 Å². The molecule has 1 rings (SSSR count). The summed E-state index contributed by atoms with van der Waals surface area (Å²) in [5.74, 6) is -3.25. The van der Waals surface area contributed by atoms with Crippen LogP contribution in [0, 0.1) is 5.92 Å². The van der Waals surface area contributed by atoms with E-state index in [0.29, 0.717) is 19.4 Å². The van der Waals surface area contributed by atoms with Crippen LogP contribution in [0.2, 0.25) is 0 Å². The average molecular weight is 404 g/mol. The van der Waals surface area contributed by atoms with E-state index in [4.69, 9.17) is 10.8 Å². The highest BCUT2D eigenvalue weighted by Gasteiger charge is 2.38. The van der Waals surface area contributed by atoms with Crippen molar-refractivity contribution in [3.05, 3.63) is 0 Å². The van der Waals surface area contributed by atoms with Crippen LogP contribution in [0.1, 0.15) is 26.7 Å². The van der Waals surface area contributed by atoms with E-state index in [2.05, 4.69) is 23.3 Å². The van der Waals surface area contributed by atoms with Gasteiger partial charge >= 0.3 is 5.97 Å². The van der Waals surface area contributed by atoms with E-state index in [-0.39, 0.29) is 11.7 Å². The number of nitrogens with two attached hydrogens (primary N) is 1. The van der Waals surface area contributed by atoms with Crippen LogP contribution in [0.5, 0.6) is 0 Å². The molecule has 0 aromatic carbocycles. The molecule has 0 spiro atoms. The predicted molar refractivity (Wildman–Crippen MR) is 100.0 cm³/mol. The average Bonchev–Trinajstić information content (AvgIpc) is 3.12. The van der Waals surface area contributed by atoms with Gasteiger partial charge in [-0.1, -0.05) is 13.8 Å². The first-order chi connectivity index (χ1) is 12.6. The van der Waals surface area contributed by atoms with Crippen molar-refractivity contribution in [2.75, 3.05) is 18.9 Å². The first-order valence-electron chi connectivity index (χ1n) is 8.75. The Kier molecular flexibility index (Phi) is 9.00. The number of carboxylic acids is 1. The number of carboxylic acid groups (broad SMARTS) is 1. The van der Waals surface area contributed by atoms with Crippen molar-refractivity contribution in [2.24, 2.45) is 11.7 Å². The molecule has 1 saturated heterocycles. The van der Waals surface area contributed by atoms with Gasteiger partial charge in [-0.15, -0.1) is 0 Å². The van der Waals surface area contributed by atoms with E-state index in [0.717, 1.165) is 0 Å². The maximum Gasteiger partial charge on any atom is 0.326 e. The second kappa shape index (κ2) is 10.5. The molecule has 1 aliphatic rings. The van der Waals surface area contributed by atoms with Crippen molar-refractivity contribution in [3.63, 3.8) is 0 Å². The number of hydrogen-bond donors (Lipinski definition) is 6. The fourth-order valence-corrected chi connectivity index (χ4v) is 3.06. The van der Waals surface area contributed by atoms with Crippen LogP contribution in [0.3, 0.4) is 0 Å². The molecule has 4 atom stereocenters. The molecule has 0 aromatic heterocycles. The number of rotatable bonds is 9. The minimum absolute atomic E-state index is 0.0255. The summed E-state index contributed by atoms with van der Waals surface area (Å²) in [5.41, 5.74) is 5.44. The highest BCUT2D eigenvalue weighted by Crippen LogP contribution is 2.19. The Hall–Kier alpha value is -1.85. The number of nitrogens with zero attached hydrogens (tertiary/aromatic N) is 1. The van der Waals surface area contributed by atoms with Crippen LogP contribution >= 0.6 is 12.6 Å². The number of amides is 3. The molecule has 1 aliphatic heterocycles. The second-order valence-corrected chi connectivity index (χ2v) is 7.16. The van der Waals surface area contributed by atoms with E-state index in [1.54, 1.807) is 13.8 Å².